The molecule has 0 saturated carbocycles. The molecule has 1 rings (SSSR count). The molecule has 0 atom stereocenters. The molecular formula is C11H13. The quantitative estimate of drug-likeness (QED) is 0.612. The van der Waals surface area contributed by atoms with Crippen molar-refractivity contribution in [2.24, 2.45) is 0 Å². The second-order valence-electron chi connectivity index (χ2n) is 2.52. The lowest BCUT2D eigenvalue weighted by Gasteiger charge is -1.89. The van der Waals surface area contributed by atoms with Gasteiger partial charge in [0.1, 0.15) is 0 Å². The number of rotatable bonds is 3. The summed E-state index contributed by atoms with van der Waals surface area (Å²) in [4.78, 5) is 0. The van der Waals surface area contributed by atoms with Crippen LogP contribution >= 0.6 is 0 Å². The Morgan fingerprint density at radius 3 is 2.73 bits per heavy atom. The molecule has 0 heterocycles. The van der Waals surface area contributed by atoms with Crippen LogP contribution < -0.4 is 0 Å². The molecule has 0 N–H and O–H groups in total. The van der Waals surface area contributed by atoms with Gasteiger partial charge in [-0.2, -0.15) is 0 Å². The van der Waals surface area contributed by atoms with Gasteiger partial charge in [0.15, 0.2) is 0 Å². The van der Waals surface area contributed by atoms with Crippen LogP contribution in [0.25, 0.3) is 6.08 Å². The molecule has 0 aliphatic heterocycles. The Bertz CT molecular complexity index is 209. The van der Waals surface area contributed by atoms with Crippen LogP contribution in [0, 0.1) is 6.07 Å². The van der Waals surface area contributed by atoms with Crippen LogP contribution in [0.2, 0.25) is 0 Å². The van der Waals surface area contributed by atoms with E-state index in [9.17, 15) is 0 Å². The summed E-state index contributed by atoms with van der Waals surface area (Å²) in [5.41, 5.74) is 1.26. The molecule has 1 radical (unpaired) electrons. The smallest absolute Gasteiger partial charge is 0.0184 e. The van der Waals surface area contributed by atoms with Crippen molar-refractivity contribution in [3.05, 3.63) is 42.0 Å². The van der Waals surface area contributed by atoms with E-state index in [1.54, 1.807) is 0 Å². The fourth-order valence-electron chi connectivity index (χ4n) is 0.897. The summed E-state index contributed by atoms with van der Waals surface area (Å²) in [5.74, 6) is 0. The van der Waals surface area contributed by atoms with E-state index in [1.807, 2.05) is 12.1 Å². The summed E-state index contributed by atoms with van der Waals surface area (Å²) in [6.07, 6.45) is 6.74. The largest absolute Gasteiger partial charge is 0.0840 e. The van der Waals surface area contributed by atoms with Crippen molar-refractivity contribution >= 4 is 6.08 Å². The standard InChI is InChI=1S/C11H13/c1-2-3-5-8-11-9-6-4-7-10-11/h5-10H,2-3H2,1H3. The van der Waals surface area contributed by atoms with E-state index in [0.29, 0.717) is 0 Å². The first-order valence-corrected chi connectivity index (χ1v) is 4.06. The zero-order chi connectivity index (χ0) is 7.94. The van der Waals surface area contributed by atoms with Crippen LogP contribution in [-0.2, 0) is 0 Å². The summed E-state index contributed by atoms with van der Waals surface area (Å²) in [6.45, 7) is 2.18. The van der Waals surface area contributed by atoms with E-state index < -0.39 is 0 Å². The molecule has 0 nitrogen and oxygen atoms in total. The third-order valence-corrected chi connectivity index (χ3v) is 1.51. The molecule has 0 bridgehead atoms. The summed E-state index contributed by atoms with van der Waals surface area (Å²) in [6, 6.07) is 11.0. The van der Waals surface area contributed by atoms with Gasteiger partial charge < -0.3 is 0 Å². The Hall–Kier alpha value is -1.04. The van der Waals surface area contributed by atoms with Crippen LogP contribution in [0.15, 0.2) is 30.3 Å². The monoisotopic (exact) mass is 145 g/mol. The third kappa shape index (κ3) is 3.03. The van der Waals surface area contributed by atoms with E-state index in [2.05, 4.69) is 37.3 Å². The lowest BCUT2D eigenvalue weighted by Crippen LogP contribution is -1.68. The number of unbranched alkanes of at least 4 members (excludes halogenated alkanes) is 1. The molecule has 57 valence electrons. The second-order valence-corrected chi connectivity index (χ2v) is 2.52. The molecule has 1 aromatic carbocycles. The van der Waals surface area contributed by atoms with Gasteiger partial charge in [0.25, 0.3) is 0 Å². The van der Waals surface area contributed by atoms with Crippen molar-refractivity contribution in [2.45, 2.75) is 19.8 Å². The van der Waals surface area contributed by atoms with E-state index in [0.717, 1.165) is 0 Å². The normalized spacial score (nSPS) is 10.6. The first-order valence-electron chi connectivity index (χ1n) is 4.06. The van der Waals surface area contributed by atoms with E-state index in [-0.39, 0.29) is 0 Å². The van der Waals surface area contributed by atoms with Gasteiger partial charge >= 0.3 is 0 Å². The van der Waals surface area contributed by atoms with Gasteiger partial charge in [0.05, 0.1) is 0 Å². The zero-order valence-corrected chi connectivity index (χ0v) is 6.88. The van der Waals surface area contributed by atoms with E-state index >= 15 is 0 Å². The minimum atomic E-state index is 1.17. The minimum Gasteiger partial charge on any atom is -0.0840 e. The maximum absolute atomic E-state index is 2.99. The van der Waals surface area contributed by atoms with Gasteiger partial charge in [-0.25, -0.2) is 0 Å². The van der Waals surface area contributed by atoms with Gasteiger partial charge in [0, 0.05) is 0 Å². The highest BCUT2D eigenvalue weighted by molar-refractivity contribution is 5.48. The zero-order valence-electron chi connectivity index (χ0n) is 6.88. The van der Waals surface area contributed by atoms with E-state index in [4.69, 9.17) is 0 Å². The molecule has 0 amide bonds. The highest BCUT2D eigenvalue weighted by Gasteiger charge is 1.80. The second kappa shape index (κ2) is 4.73. The fourth-order valence-corrected chi connectivity index (χ4v) is 0.897. The van der Waals surface area contributed by atoms with E-state index in [1.165, 1.54) is 18.4 Å². The van der Waals surface area contributed by atoms with Crippen molar-refractivity contribution in [3.8, 4) is 0 Å². The third-order valence-electron chi connectivity index (χ3n) is 1.51. The molecule has 0 aromatic heterocycles. The first kappa shape index (κ1) is 8.06. The van der Waals surface area contributed by atoms with Crippen molar-refractivity contribution < 1.29 is 0 Å². The number of hydrogen-bond acceptors (Lipinski definition) is 0. The number of allylic oxidation sites excluding steroid dienone is 1. The van der Waals surface area contributed by atoms with Gasteiger partial charge in [0.2, 0.25) is 0 Å². The molecule has 0 unspecified atom stereocenters. The first-order chi connectivity index (χ1) is 5.43. The lowest BCUT2D eigenvalue weighted by molar-refractivity contribution is 0.962. The molecule has 0 saturated heterocycles. The van der Waals surface area contributed by atoms with Crippen molar-refractivity contribution in [2.75, 3.05) is 0 Å². The highest BCUT2D eigenvalue weighted by atomic mass is 13.9. The topological polar surface area (TPSA) is 0 Å². The Labute approximate surface area is 68.6 Å². The molecule has 0 aliphatic carbocycles. The molecule has 0 heteroatoms. The van der Waals surface area contributed by atoms with Gasteiger partial charge in [-0.1, -0.05) is 49.8 Å². The van der Waals surface area contributed by atoms with Crippen LogP contribution in [0.5, 0.6) is 0 Å². The molecule has 0 spiro atoms. The maximum atomic E-state index is 2.99. The van der Waals surface area contributed by atoms with Crippen molar-refractivity contribution in [1.82, 2.24) is 0 Å². The molecule has 11 heavy (non-hydrogen) atoms. The Morgan fingerprint density at radius 1 is 1.36 bits per heavy atom. The number of benzene rings is 1. The maximum Gasteiger partial charge on any atom is -0.0184 e. The molecule has 0 fully saturated rings. The van der Waals surface area contributed by atoms with Crippen LogP contribution in [0.1, 0.15) is 25.3 Å². The van der Waals surface area contributed by atoms with Crippen LogP contribution in [0.3, 0.4) is 0 Å². The summed E-state index contributed by atoms with van der Waals surface area (Å²) in [5, 5.41) is 0. The highest BCUT2D eigenvalue weighted by Crippen LogP contribution is 2.01. The summed E-state index contributed by atoms with van der Waals surface area (Å²) < 4.78 is 0. The predicted octanol–water partition coefficient (Wildman–Crippen LogP) is 3.30. The average molecular weight is 145 g/mol. The molecule has 0 aliphatic rings. The van der Waals surface area contributed by atoms with Gasteiger partial charge in [-0.3, -0.25) is 0 Å². The summed E-state index contributed by atoms with van der Waals surface area (Å²) in [7, 11) is 0. The summed E-state index contributed by atoms with van der Waals surface area (Å²) >= 11 is 0. The van der Waals surface area contributed by atoms with Gasteiger partial charge in [-0.05, 0) is 18.1 Å². The Balaban J connectivity index is 2.50. The van der Waals surface area contributed by atoms with Gasteiger partial charge in [-0.15, -0.1) is 0 Å². The van der Waals surface area contributed by atoms with Crippen molar-refractivity contribution in [1.29, 1.82) is 0 Å². The Morgan fingerprint density at radius 2 is 2.09 bits per heavy atom. The van der Waals surface area contributed by atoms with Crippen molar-refractivity contribution in [3.63, 3.8) is 0 Å². The SMILES string of the molecule is CCCC=Cc1cc[c]cc1. The lowest BCUT2D eigenvalue weighted by atomic mass is 10.2. The molecular weight excluding hydrogens is 132 g/mol. The number of hydrogen-bond donors (Lipinski definition) is 0. The van der Waals surface area contributed by atoms with Crippen LogP contribution in [0.4, 0.5) is 0 Å². The Kier molecular flexibility index (Phi) is 3.46. The minimum absolute atomic E-state index is 1.17. The fraction of sp³-hybridized carbons (Fsp3) is 0.273. The predicted molar refractivity (Wildman–Crippen MR) is 49.2 cm³/mol. The average Bonchev–Trinajstić information content (AvgIpc) is 2.07. The molecule has 1 aromatic rings. The van der Waals surface area contributed by atoms with Crippen LogP contribution in [-0.4, -0.2) is 0 Å².